The van der Waals surface area contributed by atoms with E-state index in [1.54, 1.807) is 17.7 Å². The van der Waals surface area contributed by atoms with Crippen LogP contribution < -0.4 is 0 Å². The summed E-state index contributed by atoms with van der Waals surface area (Å²) in [4.78, 5) is 0. The van der Waals surface area contributed by atoms with Gasteiger partial charge in [-0.05, 0) is 32.4 Å². The lowest BCUT2D eigenvalue weighted by Gasteiger charge is -2.29. The minimum absolute atomic E-state index is 0.159. The van der Waals surface area contributed by atoms with Gasteiger partial charge in [0.05, 0.1) is 17.2 Å². The number of benzene rings is 1. The van der Waals surface area contributed by atoms with E-state index in [-0.39, 0.29) is 6.04 Å². The Hall–Kier alpha value is -1.68. The van der Waals surface area contributed by atoms with Crippen LogP contribution in [0.3, 0.4) is 0 Å². The first-order chi connectivity index (χ1) is 8.06. The molecule has 2 aromatic rings. The van der Waals surface area contributed by atoms with Crippen molar-refractivity contribution in [3.63, 3.8) is 0 Å². The van der Waals surface area contributed by atoms with Crippen LogP contribution in [-0.2, 0) is 0 Å². The second kappa shape index (κ2) is 4.30. The van der Waals surface area contributed by atoms with Gasteiger partial charge in [0.25, 0.3) is 0 Å². The van der Waals surface area contributed by atoms with E-state index < -0.39 is 5.60 Å². The Kier molecular flexibility index (Phi) is 2.98. The van der Waals surface area contributed by atoms with Crippen molar-refractivity contribution in [2.75, 3.05) is 0 Å². The molecule has 1 aromatic carbocycles. The van der Waals surface area contributed by atoms with Gasteiger partial charge in [-0.3, -0.25) is 0 Å². The van der Waals surface area contributed by atoms with Crippen LogP contribution in [0.15, 0.2) is 36.9 Å². The van der Waals surface area contributed by atoms with E-state index in [0.29, 0.717) is 6.42 Å². The molecule has 4 heteroatoms. The van der Waals surface area contributed by atoms with Gasteiger partial charge in [-0.1, -0.05) is 23.4 Å². The Morgan fingerprint density at radius 1 is 1.53 bits per heavy atom. The highest BCUT2D eigenvalue weighted by atomic mass is 16.3. The predicted molar refractivity (Wildman–Crippen MR) is 67.7 cm³/mol. The number of hydrogen-bond acceptors (Lipinski definition) is 3. The van der Waals surface area contributed by atoms with E-state index in [1.807, 2.05) is 31.2 Å². The molecule has 2 atom stereocenters. The smallest absolute Gasteiger partial charge is 0.113 e. The van der Waals surface area contributed by atoms with Gasteiger partial charge in [0.15, 0.2) is 0 Å². The molecule has 0 bridgehead atoms. The molecule has 0 aliphatic heterocycles. The third-order valence-electron chi connectivity index (χ3n) is 3.20. The molecule has 2 rings (SSSR count). The molecule has 0 saturated heterocycles. The number of aliphatic hydroxyl groups is 1. The van der Waals surface area contributed by atoms with Crippen molar-refractivity contribution in [2.24, 2.45) is 0 Å². The predicted octanol–water partition coefficient (Wildman–Crippen LogP) is 2.32. The summed E-state index contributed by atoms with van der Waals surface area (Å²) in [5.74, 6) is 0. The maximum atomic E-state index is 10.4. The Morgan fingerprint density at radius 3 is 2.94 bits per heavy atom. The summed E-state index contributed by atoms with van der Waals surface area (Å²) < 4.78 is 1.76. The molecule has 90 valence electrons. The number of para-hydroxylation sites is 1. The fraction of sp³-hybridized carbons (Fsp3) is 0.385. The van der Waals surface area contributed by atoms with Crippen molar-refractivity contribution in [3.8, 4) is 0 Å². The zero-order valence-electron chi connectivity index (χ0n) is 10.2. The second-order valence-corrected chi connectivity index (χ2v) is 4.55. The number of aromatic nitrogens is 3. The molecule has 0 saturated carbocycles. The Morgan fingerprint density at radius 2 is 2.24 bits per heavy atom. The Labute approximate surface area is 101 Å². The molecule has 4 nitrogen and oxygen atoms in total. The van der Waals surface area contributed by atoms with Crippen LogP contribution in [0, 0.1) is 0 Å². The molecule has 0 unspecified atom stereocenters. The van der Waals surface area contributed by atoms with E-state index in [4.69, 9.17) is 0 Å². The fourth-order valence-electron chi connectivity index (χ4n) is 1.90. The van der Waals surface area contributed by atoms with Crippen LogP contribution in [0.25, 0.3) is 11.0 Å². The molecule has 0 amide bonds. The van der Waals surface area contributed by atoms with Crippen LogP contribution in [0.5, 0.6) is 0 Å². The number of hydrogen-bond donors (Lipinski definition) is 1. The van der Waals surface area contributed by atoms with Crippen LogP contribution >= 0.6 is 0 Å². The largest absolute Gasteiger partial charge is 0.388 e. The van der Waals surface area contributed by atoms with Crippen molar-refractivity contribution in [2.45, 2.75) is 31.9 Å². The quantitative estimate of drug-likeness (QED) is 0.821. The lowest BCUT2D eigenvalue weighted by atomic mass is 9.94. The molecule has 0 spiro atoms. The van der Waals surface area contributed by atoms with Crippen LogP contribution in [0.1, 0.15) is 26.3 Å². The first-order valence-electron chi connectivity index (χ1n) is 5.69. The zero-order chi connectivity index (χ0) is 12.5. The summed E-state index contributed by atoms with van der Waals surface area (Å²) >= 11 is 0. The Balaban J connectivity index is 2.43. The monoisotopic (exact) mass is 231 g/mol. The van der Waals surface area contributed by atoms with Gasteiger partial charge in [-0.25, -0.2) is 4.68 Å². The summed E-state index contributed by atoms with van der Waals surface area (Å²) in [5.41, 5.74) is 0.899. The maximum absolute atomic E-state index is 10.4. The fourth-order valence-corrected chi connectivity index (χ4v) is 1.90. The Bertz CT molecular complexity index is 530. The van der Waals surface area contributed by atoms with Gasteiger partial charge < -0.3 is 5.11 Å². The summed E-state index contributed by atoms with van der Waals surface area (Å²) in [6.07, 6.45) is 2.23. The number of fused-ring (bicyclic) bond motifs is 1. The van der Waals surface area contributed by atoms with Crippen LogP contribution in [0.2, 0.25) is 0 Å². The summed E-state index contributed by atoms with van der Waals surface area (Å²) in [5, 5.41) is 18.6. The van der Waals surface area contributed by atoms with Crippen molar-refractivity contribution in [1.29, 1.82) is 0 Å². The van der Waals surface area contributed by atoms with Crippen molar-refractivity contribution in [1.82, 2.24) is 15.0 Å². The SMILES string of the molecule is C=CC[C@](C)(O)[C@@H](C)n1nnc2ccccc21. The van der Waals surface area contributed by atoms with Gasteiger partial charge in [0, 0.05) is 0 Å². The normalized spacial score (nSPS) is 16.6. The maximum Gasteiger partial charge on any atom is 0.113 e. The van der Waals surface area contributed by atoms with Gasteiger partial charge in [-0.15, -0.1) is 11.7 Å². The van der Waals surface area contributed by atoms with Gasteiger partial charge in [0.2, 0.25) is 0 Å². The van der Waals surface area contributed by atoms with E-state index in [9.17, 15) is 5.11 Å². The minimum Gasteiger partial charge on any atom is -0.388 e. The third-order valence-corrected chi connectivity index (χ3v) is 3.20. The van der Waals surface area contributed by atoms with Gasteiger partial charge in [0.1, 0.15) is 5.52 Å². The molecule has 0 radical (unpaired) electrons. The first kappa shape index (κ1) is 11.8. The molecular formula is C13H17N3O. The number of rotatable bonds is 4. The molecule has 0 aliphatic rings. The van der Waals surface area contributed by atoms with Gasteiger partial charge in [-0.2, -0.15) is 0 Å². The average Bonchev–Trinajstić information content (AvgIpc) is 2.71. The van der Waals surface area contributed by atoms with Crippen molar-refractivity contribution >= 4 is 11.0 Å². The van der Waals surface area contributed by atoms with E-state index in [0.717, 1.165) is 11.0 Å². The van der Waals surface area contributed by atoms with Crippen molar-refractivity contribution in [3.05, 3.63) is 36.9 Å². The molecule has 1 N–H and O–H groups in total. The van der Waals surface area contributed by atoms with E-state index in [2.05, 4.69) is 16.9 Å². The van der Waals surface area contributed by atoms with Crippen LogP contribution in [-0.4, -0.2) is 25.7 Å². The highest BCUT2D eigenvalue weighted by molar-refractivity contribution is 5.74. The first-order valence-corrected chi connectivity index (χ1v) is 5.69. The summed E-state index contributed by atoms with van der Waals surface area (Å²) in [7, 11) is 0. The lowest BCUT2D eigenvalue weighted by Crippen LogP contribution is -2.34. The average molecular weight is 231 g/mol. The topological polar surface area (TPSA) is 50.9 Å². The summed E-state index contributed by atoms with van der Waals surface area (Å²) in [6, 6.07) is 7.57. The third kappa shape index (κ3) is 2.08. The second-order valence-electron chi connectivity index (χ2n) is 4.55. The van der Waals surface area contributed by atoms with Gasteiger partial charge >= 0.3 is 0 Å². The molecule has 1 heterocycles. The van der Waals surface area contributed by atoms with Crippen molar-refractivity contribution < 1.29 is 5.11 Å². The molecular weight excluding hydrogens is 214 g/mol. The highest BCUT2D eigenvalue weighted by Gasteiger charge is 2.30. The minimum atomic E-state index is -0.877. The molecule has 0 fully saturated rings. The zero-order valence-corrected chi connectivity index (χ0v) is 10.2. The molecule has 1 aromatic heterocycles. The van der Waals surface area contributed by atoms with E-state index in [1.165, 1.54) is 0 Å². The standard InChI is InChI=1S/C13H17N3O/c1-4-9-13(3,17)10(2)16-12-8-6-5-7-11(12)14-15-16/h4-8,10,17H,1,9H2,2-3H3/t10-,13+/m1/s1. The molecule has 0 aliphatic carbocycles. The summed E-state index contributed by atoms with van der Waals surface area (Å²) in [6.45, 7) is 7.39. The number of nitrogens with zero attached hydrogens (tertiary/aromatic N) is 3. The van der Waals surface area contributed by atoms with E-state index >= 15 is 0 Å². The highest BCUT2D eigenvalue weighted by Crippen LogP contribution is 2.27. The van der Waals surface area contributed by atoms with Crippen LogP contribution in [0.4, 0.5) is 0 Å². The lowest BCUT2D eigenvalue weighted by molar-refractivity contribution is 0.0114. The molecule has 17 heavy (non-hydrogen) atoms.